The zero-order valence-corrected chi connectivity index (χ0v) is 12.0. The smallest absolute Gasteiger partial charge is 0.243 e. The Balaban J connectivity index is 2.76. The Labute approximate surface area is 122 Å². The van der Waals surface area contributed by atoms with E-state index in [9.17, 15) is 15.3 Å². The molecule has 0 bridgehead atoms. The average molecular weight is 283 g/mol. The van der Waals surface area contributed by atoms with Gasteiger partial charge >= 0.3 is 0 Å². The van der Waals surface area contributed by atoms with E-state index >= 15 is 0 Å². The number of hydrogen-bond donors (Lipinski definition) is 1. The molecule has 1 N–H and O–H groups in total. The van der Waals surface area contributed by atoms with Crippen molar-refractivity contribution in [3.8, 4) is 12.1 Å². The van der Waals surface area contributed by atoms with Crippen LogP contribution in [0.3, 0.4) is 0 Å². The first-order valence-corrected chi connectivity index (χ1v) is 7.27. The third-order valence-electron chi connectivity index (χ3n) is 3.64. The minimum Gasteiger partial charge on any atom is -0.319 e. The lowest BCUT2D eigenvalue weighted by Crippen LogP contribution is -2.48. The summed E-state index contributed by atoms with van der Waals surface area (Å²) in [6, 6.07) is 13.5. The van der Waals surface area contributed by atoms with Crippen molar-refractivity contribution in [1.29, 1.82) is 10.5 Å². The first kappa shape index (κ1) is 14.2. The molecule has 0 spiro atoms. The molecule has 20 heavy (non-hydrogen) atoms. The summed E-state index contributed by atoms with van der Waals surface area (Å²) in [6.07, 6.45) is 1.80. The molecule has 1 aromatic rings. The Kier molecular flexibility index (Phi) is 3.83. The molecule has 0 saturated carbocycles. The molecule has 1 aliphatic heterocycles. The Morgan fingerprint density at radius 2 is 1.95 bits per heavy atom. The van der Waals surface area contributed by atoms with Crippen molar-refractivity contribution in [3.63, 3.8) is 0 Å². The average Bonchev–Trinajstić information content (AvgIpc) is 2.47. The molecule has 1 heterocycles. The maximum atomic E-state index is 12.2. The molecule has 2 atom stereocenters. The van der Waals surface area contributed by atoms with Crippen molar-refractivity contribution in [1.82, 2.24) is 5.32 Å². The Hall–Kier alpha value is -2.24. The molecule has 1 aliphatic rings. The normalized spacial score (nSPS) is 25.6. The van der Waals surface area contributed by atoms with Gasteiger partial charge in [0.2, 0.25) is 5.91 Å². The van der Waals surface area contributed by atoms with Gasteiger partial charge in [0, 0.05) is 0 Å². The fourth-order valence-corrected chi connectivity index (χ4v) is 3.16. The lowest BCUT2D eigenvalue weighted by atomic mass is 9.66. The molecule has 0 saturated heterocycles. The predicted octanol–water partition coefficient (Wildman–Crippen LogP) is 2.31. The number of benzene rings is 1. The summed E-state index contributed by atoms with van der Waals surface area (Å²) in [6.45, 7) is 1.78. The first-order valence-electron chi connectivity index (χ1n) is 6.04. The van der Waals surface area contributed by atoms with E-state index in [4.69, 9.17) is 0 Å². The van der Waals surface area contributed by atoms with E-state index in [1.807, 2.05) is 36.4 Å². The number of amides is 1. The van der Waals surface area contributed by atoms with Crippen LogP contribution < -0.4 is 5.32 Å². The number of rotatable bonds is 2. The third-order valence-corrected chi connectivity index (χ3v) is 4.36. The molecule has 0 radical (unpaired) electrons. The second kappa shape index (κ2) is 5.40. The fourth-order valence-electron chi connectivity index (χ4n) is 2.49. The summed E-state index contributed by atoms with van der Waals surface area (Å²) in [5.41, 5.74) is 0.303. The quantitative estimate of drug-likeness (QED) is 0.903. The zero-order chi connectivity index (χ0) is 14.8. The maximum Gasteiger partial charge on any atom is 0.243 e. The number of thioether (sulfide) groups is 1. The summed E-state index contributed by atoms with van der Waals surface area (Å²) in [5, 5.41) is 22.1. The summed E-state index contributed by atoms with van der Waals surface area (Å²) in [7, 11) is 0. The van der Waals surface area contributed by atoms with E-state index in [1.54, 1.807) is 13.2 Å². The first-order chi connectivity index (χ1) is 9.59. The van der Waals surface area contributed by atoms with Crippen molar-refractivity contribution >= 4 is 17.7 Å². The maximum absolute atomic E-state index is 12.2. The third kappa shape index (κ3) is 1.97. The van der Waals surface area contributed by atoms with Crippen LogP contribution in [0.5, 0.6) is 0 Å². The molecule has 5 heteroatoms. The Morgan fingerprint density at radius 1 is 1.30 bits per heavy atom. The molecule has 2 rings (SSSR count). The minimum atomic E-state index is -0.925. The highest BCUT2D eigenvalue weighted by atomic mass is 32.2. The van der Waals surface area contributed by atoms with Crippen LogP contribution in [-0.4, -0.2) is 12.2 Å². The SMILES string of the molecule is CSC1=C(C#N)C(C)(c2ccccc2)C(C#N)C(=O)N1. The Morgan fingerprint density at radius 3 is 2.45 bits per heavy atom. The van der Waals surface area contributed by atoms with E-state index in [2.05, 4.69) is 11.4 Å². The van der Waals surface area contributed by atoms with Gasteiger partial charge in [-0.05, 0) is 18.7 Å². The molecule has 2 unspecified atom stereocenters. The van der Waals surface area contributed by atoms with Crippen LogP contribution in [-0.2, 0) is 10.2 Å². The van der Waals surface area contributed by atoms with Crippen LogP contribution in [0.2, 0.25) is 0 Å². The largest absolute Gasteiger partial charge is 0.319 e. The standard InChI is InChI=1S/C15H13N3OS/c1-15(10-6-4-3-5-7-10)11(8-16)13(19)18-14(20-2)12(15)9-17/h3-7,11H,1-2H3,(H,18,19). The lowest BCUT2D eigenvalue weighted by molar-refractivity contribution is -0.124. The second-order valence-corrected chi connectivity index (χ2v) is 5.46. The number of carbonyl (C=O) groups excluding carboxylic acids is 1. The van der Waals surface area contributed by atoms with Crippen LogP contribution in [0.4, 0.5) is 0 Å². The molecule has 0 fully saturated rings. The highest BCUT2D eigenvalue weighted by Gasteiger charge is 2.49. The van der Waals surface area contributed by atoms with Gasteiger partial charge in [0.1, 0.15) is 5.92 Å². The van der Waals surface area contributed by atoms with Crippen LogP contribution in [0.15, 0.2) is 40.9 Å². The summed E-state index contributed by atoms with van der Waals surface area (Å²) in [4.78, 5) is 12.2. The molecule has 4 nitrogen and oxygen atoms in total. The van der Waals surface area contributed by atoms with Crippen molar-refractivity contribution in [2.75, 3.05) is 6.26 Å². The molecule has 1 aromatic carbocycles. The van der Waals surface area contributed by atoms with Crippen molar-refractivity contribution < 1.29 is 4.79 Å². The van der Waals surface area contributed by atoms with Crippen molar-refractivity contribution in [3.05, 3.63) is 46.5 Å². The lowest BCUT2D eigenvalue weighted by Gasteiger charge is -2.38. The van der Waals surface area contributed by atoms with Gasteiger partial charge in [-0.3, -0.25) is 4.79 Å². The van der Waals surface area contributed by atoms with Crippen LogP contribution in [0, 0.1) is 28.6 Å². The van der Waals surface area contributed by atoms with Gasteiger partial charge in [0.15, 0.2) is 0 Å². The molecule has 0 aromatic heterocycles. The number of carbonyl (C=O) groups is 1. The van der Waals surface area contributed by atoms with E-state index in [-0.39, 0.29) is 5.91 Å². The number of nitrogens with one attached hydrogen (secondary N) is 1. The number of nitriles is 2. The molecule has 100 valence electrons. The topological polar surface area (TPSA) is 76.7 Å². The predicted molar refractivity (Wildman–Crippen MR) is 77.2 cm³/mol. The minimum absolute atomic E-state index is 0.359. The molecular formula is C15H13N3OS. The highest BCUT2D eigenvalue weighted by Crippen LogP contribution is 2.44. The van der Waals surface area contributed by atoms with E-state index in [0.717, 1.165) is 5.56 Å². The van der Waals surface area contributed by atoms with Gasteiger partial charge in [-0.2, -0.15) is 10.5 Å². The Bertz CT molecular complexity index is 654. The summed E-state index contributed by atoms with van der Waals surface area (Å²) in [5.74, 6) is -1.28. The van der Waals surface area contributed by atoms with Crippen LogP contribution in [0.25, 0.3) is 0 Å². The summed E-state index contributed by atoms with van der Waals surface area (Å²) < 4.78 is 0. The van der Waals surface area contributed by atoms with E-state index in [0.29, 0.717) is 10.6 Å². The number of hydrogen-bond acceptors (Lipinski definition) is 4. The highest BCUT2D eigenvalue weighted by molar-refractivity contribution is 8.02. The molecular weight excluding hydrogens is 270 g/mol. The van der Waals surface area contributed by atoms with Gasteiger partial charge in [0.25, 0.3) is 0 Å². The second-order valence-electron chi connectivity index (χ2n) is 4.64. The molecule has 1 amide bonds. The van der Waals surface area contributed by atoms with Crippen molar-refractivity contribution in [2.24, 2.45) is 5.92 Å². The van der Waals surface area contributed by atoms with E-state index < -0.39 is 11.3 Å². The number of nitrogens with zero attached hydrogens (tertiary/aromatic N) is 2. The van der Waals surface area contributed by atoms with Gasteiger partial charge in [-0.15, -0.1) is 11.8 Å². The van der Waals surface area contributed by atoms with Crippen LogP contribution >= 0.6 is 11.8 Å². The van der Waals surface area contributed by atoms with Crippen LogP contribution in [0.1, 0.15) is 12.5 Å². The van der Waals surface area contributed by atoms with Gasteiger partial charge in [-0.1, -0.05) is 30.3 Å². The van der Waals surface area contributed by atoms with Gasteiger partial charge in [0.05, 0.1) is 28.2 Å². The van der Waals surface area contributed by atoms with Gasteiger partial charge < -0.3 is 5.32 Å². The summed E-state index contributed by atoms with van der Waals surface area (Å²) >= 11 is 1.31. The fraction of sp³-hybridized carbons (Fsp3) is 0.267. The van der Waals surface area contributed by atoms with E-state index in [1.165, 1.54) is 11.8 Å². The number of allylic oxidation sites excluding steroid dienone is 1. The van der Waals surface area contributed by atoms with Gasteiger partial charge in [-0.25, -0.2) is 0 Å². The molecule has 0 aliphatic carbocycles. The monoisotopic (exact) mass is 283 g/mol. The van der Waals surface area contributed by atoms with Crippen molar-refractivity contribution in [2.45, 2.75) is 12.3 Å². The zero-order valence-electron chi connectivity index (χ0n) is 11.2.